The van der Waals surface area contributed by atoms with E-state index in [9.17, 15) is 14.2 Å². The molecule has 0 aliphatic heterocycles. The van der Waals surface area contributed by atoms with Gasteiger partial charge in [0.1, 0.15) is 6.61 Å². The quantitative estimate of drug-likeness (QED) is 0.0274. The molecule has 8 nitrogen and oxygen atoms in total. The number of carbonyl (C=O) groups excluding carboxylic acids is 2. The molecule has 0 aromatic rings. The van der Waals surface area contributed by atoms with E-state index in [-0.39, 0.29) is 19.4 Å². The lowest BCUT2D eigenvalue weighted by Crippen LogP contribution is -2.29. The molecule has 0 aromatic heterocycles. The first-order chi connectivity index (χ1) is 26.3. The SMILES string of the molecule is CC/C=C/C/C=C/C/C=C/CCCCCCCCCCCCCCCC(=O)OCC(COP(=O)(O)O)OC(=O)CC/C=C/C/C=C/CCCCCCCC. The van der Waals surface area contributed by atoms with Crippen LogP contribution in [0.2, 0.25) is 0 Å². The van der Waals surface area contributed by atoms with Gasteiger partial charge in [-0.3, -0.25) is 14.1 Å². The topological polar surface area (TPSA) is 119 Å². The highest BCUT2D eigenvalue weighted by molar-refractivity contribution is 7.46. The molecule has 0 radical (unpaired) electrons. The summed E-state index contributed by atoms with van der Waals surface area (Å²) in [7, 11) is -4.77. The highest BCUT2D eigenvalue weighted by Gasteiger charge is 2.22. The number of unbranched alkanes of at least 4 members (excludes halogenated alkanes) is 19. The van der Waals surface area contributed by atoms with Gasteiger partial charge in [-0.1, -0.05) is 177 Å². The molecule has 0 saturated carbocycles. The maximum atomic E-state index is 12.3. The molecule has 0 amide bonds. The monoisotopic (exact) mass is 779 g/mol. The number of carbonyl (C=O) groups is 2. The Morgan fingerprint density at radius 2 is 0.926 bits per heavy atom. The Labute approximate surface area is 330 Å². The number of rotatable bonds is 39. The third-order valence-corrected chi connectivity index (χ3v) is 9.52. The fraction of sp³-hybridized carbons (Fsp3) is 0.733. The second-order valence-corrected chi connectivity index (χ2v) is 15.5. The standard InChI is InChI=1S/C45H79O8P/c1-3-5-7-9-11-13-15-17-18-19-20-21-22-23-24-25-26-28-29-31-33-35-37-39-44(46)51-41-43(42-52-54(48,49)50)53-45(47)40-38-36-34-32-30-27-16-14-12-10-8-6-4-2/h5,7,11,13,17-18,27,30,34,36,43H,3-4,6,8-10,12,14-16,19-26,28-29,31-33,35,37-42H2,1-2H3,(H2,48,49,50)/b7-5+,13-11+,18-17+,30-27+,36-34+. The lowest BCUT2D eigenvalue weighted by Gasteiger charge is -2.18. The fourth-order valence-electron chi connectivity index (χ4n) is 5.85. The van der Waals surface area contributed by atoms with Gasteiger partial charge in [0.25, 0.3) is 0 Å². The molecule has 312 valence electrons. The van der Waals surface area contributed by atoms with E-state index in [1.165, 1.54) is 103 Å². The lowest BCUT2D eigenvalue weighted by atomic mass is 10.0. The van der Waals surface area contributed by atoms with Crippen molar-refractivity contribution in [2.45, 2.75) is 200 Å². The van der Waals surface area contributed by atoms with E-state index in [2.05, 4.69) is 67.0 Å². The first kappa shape index (κ1) is 51.8. The van der Waals surface area contributed by atoms with Crippen LogP contribution in [0.1, 0.15) is 194 Å². The van der Waals surface area contributed by atoms with E-state index in [1.54, 1.807) is 0 Å². The maximum Gasteiger partial charge on any atom is 0.469 e. The predicted octanol–water partition coefficient (Wildman–Crippen LogP) is 13.3. The van der Waals surface area contributed by atoms with Gasteiger partial charge in [-0.05, 0) is 64.2 Å². The molecule has 0 bridgehead atoms. The van der Waals surface area contributed by atoms with Crippen molar-refractivity contribution in [1.29, 1.82) is 0 Å². The molecular formula is C45H79O8P. The van der Waals surface area contributed by atoms with Crippen molar-refractivity contribution in [3.8, 4) is 0 Å². The van der Waals surface area contributed by atoms with Crippen molar-refractivity contribution < 1.29 is 37.9 Å². The molecule has 54 heavy (non-hydrogen) atoms. The number of hydrogen-bond donors (Lipinski definition) is 2. The second-order valence-electron chi connectivity index (χ2n) is 14.3. The van der Waals surface area contributed by atoms with E-state index in [0.717, 1.165) is 51.4 Å². The van der Waals surface area contributed by atoms with Crippen LogP contribution in [-0.4, -0.2) is 41.0 Å². The van der Waals surface area contributed by atoms with Gasteiger partial charge < -0.3 is 19.3 Å². The third kappa shape index (κ3) is 42.5. The van der Waals surface area contributed by atoms with E-state index in [0.29, 0.717) is 12.8 Å². The molecule has 9 heteroatoms. The van der Waals surface area contributed by atoms with Crippen molar-refractivity contribution in [2.75, 3.05) is 13.2 Å². The van der Waals surface area contributed by atoms with E-state index in [4.69, 9.17) is 19.3 Å². The molecule has 0 aromatic carbocycles. The Morgan fingerprint density at radius 1 is 0.500 bits per heavy atom. The number of allylic oxidation sites excluding steroid dienone is 10. The molecule has 1 unspecified atom stereocenters. The normalized spacial score (nSPS) is 13.0. The summed E-state index contributed by atoms with van der Waals surface area (Å²) < 4.78 is 26.3. The van der Waals surface area contributed by atoms with Crippen LogP contribution < -0.4 is 0 Å². The average Bonchev–Trinajstić information content (AvgIpc) is 3.14. The van der Waals surface area contributed by atoms with Crippen LogP contribution in [0.15, 0.2) is 60.8 Å². The van der Waals surface area contributed by atoms with Gasteiger partial charge in [0.15, 0.2) is 6.10 Å². The van der Waals surface area contributed by atoms with Crippen molar-refractivity contribution in [1.82, 2.24) is 0 Å². The minimum atomic E-state index is -4.77. The number of esters is 2. The van der Waals surface area contributed by atoms with Crippen LogP contribution in [0, 0.1) is 0 Å². The number of phosphoric ester groups is 1. The Bertz CT molecular complexity index is 1060. The first-order valence-corrected chi connectivity index (χ1v) is 23.1. The lowest BCUT2D eigenvalue weighted by molar-refractivity contribution is -0.161. The minimum absolute atomic E-state index is 0.105. The van der Waals surface area contributed by atoms with Crippen LogP contribution in [0.4, 0.5) is 0 Å². The zero-order chi connectivity index (χ0) is 39.6. The number of ether oxygens (including phenoxy) is 2. The fourth-order valence-corrected chi connectivity index (χ4v) is 6.21. The smallest absolute Gasteiger partial charge is 0.462 e. The summed E-state index contributed by atoms with van der Waals surface area (Å²) in [6, 6.07) is 0. The Hall–Kier alpha value is -2.25. The van der Waals surface area contributed by atoms with Crippen LogP contribution >= 0.6 is 7.82 Å². The molecule has 0 rings (SSSR count). The van der Waals surface area contributed by atoms with Gasteiger partial charge in [0.05, 0.1) is 6.61 Å². The molecule has 0 aliphatic carbocycles. The molecule has 0 aliphatic rings. The van der Waals surface area contributed by atoms with Crippen molar-refractivity contribution >= 4 is 19.8 Å². The molecule has 0 saturated heterocycles. The van der Waals surface area contributed by atoms with Gasteiger partial charge in [0.2, 0.25) is 0 Å². The molecular weight excluding hydrogens is 699 g/mol. The highest BCUT2D eigenvalue weighted by atomic mass is 31.2. The molecule has 0 fully saturated rings. The highest BCUT2D eigenvalue weighted by Crippen LogP contribution is 2.36. The van der Waals surface area contributed by atoms with E-state index >= 15 is 0 Å². The van der Waals surface area contributed by atoms with Crippen molar-refractivity contribution in [3.05, 3.63) is 60.8 Å². The summed E-state index contributed by atoms with van der Waals surface area (Å²) in [5, 5.41) is 0. The van der Waals surface area contributed by atoms with Gasteiger partial charge in [-0.25, -0.2) is 4.57 Å². The van der Waals surface area contributed by atoms with Gasteiger partial charge in [-0.2, -0.15) is 0 Å². The summed E-state index contributed by atoms with van der Waals surface area (Å²) in [5.74, 6) is -0.964. The Balaban J connectivity index is 3.89. The average molecular weight is 779 g/mol. The third-order valence-electron chi connectivity index (χ3n) is 9.03. The summed E-state index contributed by atoms with van der Waals surface area (Å²) >= 11 is 0. The van der Waals surface area contributed by atoms with Crippen LogP contribution in [-0.2, 0) is 28.2 Å². The van der Waals surface area contributed by atoms with Crippen LogP contribution in [0.5, 0.6) is 0 Å². The first-order valence-electron chi connectivity index (χ1n) is 21.6. The zero-order valence-electron chi connectivity index (χ0n) is 34.4. The van der Waals surface area contributed by atoms with E-state index < -0.39 is 32.5 Å². The predicted molar refractivity (Wildman–Crippen MR) is 225 cm³/mol. The summed E-state index contributed by atoms with van der Waals surface area (Å²) in [6.07, 6.45) is 51.1. The summed E-state index contributed by atoms with van der Waals surface area (Å²) in [5.41, 5.74) is 0. The minimum Gasteiger partial charge on any atom is -0.462 e. The Morgan fingerprint density at radius 3 is 1.41 bits per heavy atom. The van der Waals surface area contributed by atoms with Crippen molar-refractivity contribution in [3.63, 3.8) is 0 Å². The summed E-state index contributed by atoms with van der Waals surface area (Å²) in [6.45, 7) is 3.52. The van der Waals surface area contributed by atoms with Crippen LogP contribution in [0.3, 0.4) is 0 Å². The van der Waals surface area contributed by atoms with Gasteiger partial charge >= 0.3 is 19.8 Å². The maximum absolute atomic E-state index is 12.3. The van der Waals surface area contributed by atoms with E-state index in [1.807, 2.05) is 12.2 Å². The van der Waals surface area contributed by atoms with Crippen molar-refractivity contribution in [2.24, 2.45) is 0 Å². The Kier molecular flexibility index (Phi) is 38.7. The number of hydrogen-bond acceptors (Lipinski definition) is 6. The second kappa shape index (κ2) is 40.4. The molecule has 2 N–H and O–H groups in total. The number of phosphoric acid groups is 1. The summed E-state index contributed by atoms with van der Waals surface area (Å²) in [4.78, 5) is 42.8. The molecule has 0 heterocycles. The van der Waals surface area contributed by atoms with Gasteiger partial charge in [-0.15, -0.1) is 0 Å². The van der Waals surface area contributed by atoms with Gasteiger partial charge in [0, 0.05) is 12.8 Å². The molecule has 0 spiro atoms. The zero-order valence-corrected chi connectivity index (χ0v) is 35.2. The largest absolute Gasteiger partial charge is 0.469 e. The van der Waals surface area contributed by atoms with Crippen LogP contribution in [0.25, 0.3) is 0 Å². The molecule has 1 atom stereocenters.